The predicted molar refractivity (Wildman–Crippen MR) is 66.6 cm³/mol. The van der Waals surface area contributed by atoms with Gasteiger partial charge in [-0.05, 0) is 25.3 Å². The molecular formula is C12H21N3O2. The van der Waals surface area contributed by atoms with Crippen LogP contribution in [0.1, 0.15) is 37.4 Å². The van der Waals surface area contributed by atoms with Crippen LogP contribution < -0.4 is 15.2 Å². The van der Waals surface area contributed by atoms with E-state index in [2.05, 4.69) is 23.8 Å². The van der Waals surface area contributed by atoms with Gasteiger partial charge < -0.3 is 15.2 Å². The van der Waals surface area contributed by atoms with Gasteiger partial charge in [-0.25, -0.2) is 0 Å². The van der Waals surface area contributed by atoms with Crippen molar-refractivity contribution in [3.63, 3.8) is 0 Å². The summed E-state index contributed by atoms with van der Waals surface area (Å²) in [7, 11) is 3.16. The number of aromatic nitrogens is 2. The minimum atomic E-state index is 0.300. The Bertz CT molecular complexity index is 367. The topological polar surface area (TPSA) is 70.3 Å². The van der Waals surface area contributed by atoms with Crippen LogP contribution in [0, 0.1) is 0 Å². The van der Waals surface area contributed by atoms with Gasteiger partial charge in [0, 0.05) is 5.56 Å². The number of nitrogens with zero attached hydrogens (tertiary/aromatic N) is 2. The van der Waals surface area contributed by atoms with Gasteiger partial charge in [-0.2, -0.15) is 9.97 Å². The minimum absolute atomic E-state index is 0.300. The number of nitrogens with two attached hydrogens (primary N) is 1. The molecule has 0 aliphatic heterocycles. The molecule has 0 aliphatic rings. The van der Waals surface area contributed by atoms with Crippen LogP contribution in [-0.2, 0) is 6.42 Å². The zero-order valence-corrected chi connectivity index (χ0v) is 11.0. The summed E-state index contributed by atoms with van der Waals surface area (Å²) in [5, 5.41) is 0. The fourth-order valence-electron chi connectivity index (χ4n) is 1.71. The maximum absolute atomic E-state index is 5.54. The Hall–Kier alpha value is -1.36. The van der Waals surface area contributed by atoms with Crippen molar-refractivity contribution in [3.05, 3.63) is 11.3 Å². The standard InChI is InChI=1S/C12H21N3O2/c1-8(2)10-9(6-5-7-13)11(16-3)15-12(14-10)17-4/h8H,5-7,13H2,1-4H3. The molecule has 0 aromatic carbocycles. The first kappa shape index (κ1) is 13.7. The molecule has 1 rings (SSSR count). The fraction of sp³-hybridized carbons (Fsp3) is 0.667. The molecule has 0 unspecified atom stereocenters. The van der Waals surface area contributed by atoms with Gasteiger partial charge in [-0.1, -0.05) is 13.8 Å². The monoisotopic (exact) mass is 239 g/mol. The minimum Gasteiger partial charge on any atom is -0.481 e. The van der Waals surface area contributed by atoms with E-state index >= 15 is 0 Å². The highest BCUT2D eigenvalue weighted by Crippen LogP contribution is 2.28. The van der Waals surface area contributed by atoms with Gasteiger partial charge in [-0.15, -0.1) is 0 Å². The molecule has 0 bridgehead atoms. The fourth-order valence-corrected chi connectivity index (χ4v) is 1.71. The van der Waals surface area contributed by atoms with Crippen LogP contribution in [0.5, 0.6) is 11.9 Å². The van der Waals surface area contributed by atoms with Gasteiger partial charge in [-0.3, -0.25) is 0 Å². The van der Waals surface area contributed by atoms with Gasteiger partial charge >= 0.3 is 6.01 Å². The SMILES string of the molecule is COc1nc(OC)c(CCCN)c(C(C)C)n1. The Kier molecular flexibility index (Phi) is 5.15. The first-order chi connectivity index (χ1) is 8.13. The third kappa shape index (κ3) is 3.30. The Morgan fingerprint density at radius 2 is 1.88 bits per heavy atom. The van der Waals surface area contributed by atoms with E-state index < -0.39 is 0 Å². The normalized spacial score (nSPS) is 10.7. The van der Waals surface area contributed by atoms with E-state index in [9.17, 15) is 0 Å². The molecule has 5 heteroatoms. The summed E-state index contributed by atoms with van der Waals surface area (Å²) >= 11 is 0. The Labute approximate surface area is 102 Å². The molecular weight excluding hydrogens is 218 g/mol. The van der Waals surface area contributed by atoms with Crippen molar-refractivity contribution >= 4 is 0 Å². The molecule has 0 saturated heterocycles. The van der Waals surface area contributed by atoms with Gasteiger partial charge in [0.1, 0.15) is 0 Å². The maximum atomic E-state index is 5.54. The van der Waals surface area contributed by atoms with E-state index in [1.807, 2.05) is 0 Å². The summed E-state index contributed by atoms with van der Waals surface area (Å²) in [6.07, 6.45) is 1.73. The molecule has 0 atom stereocenters. The first-order valence-corrected chi connectivity index (χ1v) is 5.82. The van der Waals surface area contributed by atoms with Crippen LogP contribution in [0.3, 0.4) is 0 Å². The summed E-state index contributed by atoms with van der Waals surface area (Å²) in [5.41, 5.74) is 7.55. The Balaban J connectivity index is 3.20. The van der Waals surface area contributed by atoms with Gasteiger partial charge in [0.2, 0.25) is 5.88 Å². The molecule has 17 heavy (non-hydrogen) atoms. The van der Waals surface area contributed by atoms with Gasteiger partial charge in [0.25, 0.3) is 0 Å². The maximum Gasteiger partial charge on any atom is 0.319 e. The van der Waals surface area contributed by atoms with Crippen molar-refractivity contribution in [1.82, 2.24) is 9.97 Å². The van der Waals surface area contributed by atoms with E-state index in [1.165, 1.54) is 0 Å². The molecule has 1 aromatic rings. The van der Waals surface area contributed by atoms with E-state index in [4.69, 9.17) is 15.2 Å². The molecule has 96 valence electrons. The average Bonchev–Trinajstić information content (AvgIpc) is 2.35. The van der Waals surface area contributed by atoms with Crippen molar-refractivity contribution in [2.24, 2.45) is 5.73 Å². The second-order valence-corrected chi connectivity index (χ2v) is 4.13. The summed E-state index contributed by atoms with van der Waals surface area (Å²) in [5.74, 6) is 0.891. The number of rotatable bonds is 6. The molecule has 0 amide bonds. The van der Waals surface area contributed by atoms with Crippen LogP contribution >= 0.6 is 0 Å². The molecule has 5 nitrogen and oxygen atoms in total. The average molecular weight is 239 g/mol. The van der Waals surface area contributed by atoms with Crippen molar-refractivity contribution in [2.75, 3.05) is 20.8 Å². The zero-order valence-electron chi connectivity index (χ0n) is 11.0. The quantitative estimate of drug-likeness (QED) is 0.814. The lowest BCUT2D eigenvalue weighted by molar-refractivity contribution is 0.345. The predicted octanol–water partition coefficient (Wildman–Crippen LogP) is 1.51. The largest absolute Gasteiger partial charge is 0.481 e. The molecule has 1 heterocycles. The summed E-state index contributed by atoms with van der Waals surface area (Å²) < 4.78 is 10.4. The zero-order chi connectivity index (χ0) is 12.8. The van der Waals surface area contributed by atoms with Crippen molar-refractivity contribution in [2.45, 2.75) is 32.6 Å². The lowest BCUT2D eigenvalue weighted by atomic mass is 10.0. The van der Waals surface area contributed by atoms with Crippen molar-refractivity contribution in [1.29, 1.82) is 0 Å². The molecule has 0 saturated carbocycles. The van der Waals surface area contributed by atoms with Crippen LogP contribution in [0.15, 0.2) is 0 Å². The summed E-state index contributed by atoms with van der Waals surface area (Å²) in [4.78, 5) is 8.61. The van der Waals surface area contributed by atoms with E-state index in [0.29, 0.717) is 24.4 Å². The van der Waals surface area contributed by atoms with Crippen molar-refractivity contribution < 1.29 is 9.47 Å². The molecule has 2 N–H and O–H groups in total. The second-order valence-electron chi connectivity index (χ2n) is 4.13. The Morgan fingerprint density at radius 3 is 2.35 bits per heavy atom. The highest BCUT2D eigenvalue weighted by Gasteiger charge is 2.17. The molecule has 1 aromatic heterocycles. The van der Waals surface area contributed by atoms with Crippen LogP contribution in [0.25, 0.3) is 0 Å². The summed E-state index contributed by atoms with van der Waals surface area (Å²) in [6.45, 7) is 4.83. The highest BCUT2D eigenvalue weighted by molar-refractivity contribution is 5.34. The van der Waals surface area contributed by atoms with Crippen LogP contribution in [0.2, 0.25) is 0 Å². The summed E-state index contributed by atoms with van der Waals surface area (Å²) in [6, 6.07) is 0.349. The molecule has 0 aliphatic carbocycles. The van der Waals surface area contributed by atoms with Crippen LogP contribution in [0.4, 0.5) is 0 Å². The number of ether oxygens (including phenoxy) is 2. The first-order valence-electron chi connectivity index (χ1n) is 5.82. The van der Waals surface area contributed by atoms with E-state index in [1.54, 1.807) is 14.2 Å². The number of hydrogen-bond donors (Lipinski definition) is 1. The molecule has 0 fully saturated rings. The van der Waals surface area contributed by atoms with Gasteiger partial charge in [0.15, 0.2) is 0 Å². The second kappa shape index (κ2) is 6.39. The molecule has 0 spiro atoms. The van der Waals surface area contributed by atoms with Crippen LogP contribution in [-0.4, -0.2) is 30.7 Å². The highest BCUT2D eigenvalue weighted by atomic mass is 16.5. The smallest absolute Gasteiger partial charge is 0.319 e. The molecule has 0 radical (unpaired) electrons. The third-order valence-electron chi connectivity index (χ3n) is 2.53. The van der Waals surface area contributed by atoms with E-state index in [0.717, 1.165) is 24.1 Å². The van der Waals surface area contributed by atoms with Gasteiger partial charge in [0.05, 0.1) is 19.9 Å². The lowest BCUT2D eigenvalue weighted by Gasteiger charge is -2.15. The lowest BCUT2D eigenvalue weighted by Crippen LogP contribution is -2.09. The number of hydrogen-bond acceptors (Lipinski definition) is 5. The third-order valence-corrected chi connectivity index (χ3v) is 2.53. The Morgan fingerprint density at radius 1 is 1.18 bits per heavy atom. The van der Waals surface area contributed by atoms with Crippen molar-refractivity contribution in [3.8, 4) is 11.9 Å². The number of methoxy groups -OCH3 is 2. The van der Waals surface area contributed by atoms with E-state index in [-0.39, 0.29) is 0 Å².